The van der Waals surface area contributed by atoms with E-state index in [0.717, 1.165) is 62.0 Å². The first-order valence-corrected chi connectivity index (χ1v) is 24.6. The van der Waals surface area contributed by atoms with Crippen molar-refractivity contribution in [1.29, 1.82) is 0 Å². The van der Waals surface area contributed by atoms with Crippen LogP contribution in [-0.2, 0) is 37.9 Å². The van der Waals surface area contributed by atoms with Gasteiger partial charge in [-0.15, -0.1) is 0 Å². The summed E-state index contributed by atoms with van der Waals surface area (Å²) in [5.41, 5.74) is 0. The Bertz CT molecular complexity index is 1470. The highest BCUT2D eigenvalue weighted by atomic mass is 31.1. The molecule has 5 atom stereocenters. The van der Waals surface area contributed by atoms with E-state index in [1.54, 1.807) is 0 Å². The number of aliphatic hydroxyl groups is 2. The minimum absolute atomic E-state index is 0.0177. The topological polar surface area (TPSA) is 182 Å². The zero-order valence-electron chi connectivity index (χ0n) is 37.4. The molecule has 2 aromatic carbocycles. The van der Waals surface area contributed by atoms with Gasteiger partial charge in [0.05, 0.1) is 28.0 Å². The van der Waals surface area contributed by atoms with Crippen molar-refractivity contribution in [1.82, 2.24) is 16.0 Å². The highest BCUT2D eigenvalue weighted by Crippen LogP contribution is 2.35. The third-order valence-corrected chi connectivity index (χ3v) is 12.8. The van der Waals surface area contributed by atoms with E-state index < -0.39 is 57.9 Å². The van der Waals surface area contributed by atoms with Crippen molar-refractivity contribution < 1.29 is 48.1 Å². The quantitative estimate of drug-likeness (QED) is 0.0291. The third kappa shape index (κ3) is 21.8. The number of carbonyl (C=O) groups is 4. The number of hydrogen-bond acceptors (Lipinski definition) is 10. The molecule has 1 saturated heterocycles. The first kappa shape index (κ1) is 52.9. The van der Waals surface area contributed by atoms with Gasteiger partial charge in [-0.25, -0.2) is 0 Å². The number of hydrogen-bond donors (Lipinski definition) is 5. The van der Waals surface area contributed by atoms with Crippen LogP contribution in [0.25, 0.3) is 0 Å². The molecule has 0 aliphatic carbocycles. The first-order valence-electron chi connectivity index (χ1n) is 23.4. The average Bonchev–Trinajstić information content (AvgIpc) is 3.28. The molecule has 3 amide bonds. The van der Waals surface area contributed by atoms with E-state index in [0.29, 0.717) is 32.2 Å². The van der Waals surface area contributed by atoms with Crippen LogP contribution in [0.5, 0.6) is 0 Å². The van der Waals surface area contributed by atoms with Crippen LogP contribution in [0.3, 0.4) is 0 Å². The van der Waals surface area contributed by atoms with Gasteiger partial charge in [-0.1, -0.05) is 158 Å². The van der Waals surface area contributed by atoms with Crippen molar-refractivity contribution in [3.05, 3.63) is 60.7 Å². The minimum atomic E-state index is -1.51. The number of ether oxygens (including phenoxy) is 3. The van der Waals surface area contributed by atoms with Gasteiger partial charge in [0.25, 0.3) is 0 Å². The summed E-state index contributed by atoms with van der Waals surface area (Å²) in [6.07, 6.45) is 13.1. The summed E-state index contributed by atoms with van der Waals surface area (Å²) >= 11 is 0. The van der Waals surface area contributed by atoms with E-state index in [4.69, 9.17) is 18.7 Å². The molecule has 348 valence electrons. The van der Waals surface area contributed by atoms with Gasteiger partial charge in [-0.3, -0.25) is 19.2 Å². The van der Waals surface area contributed by atoms with Gasteiger partial charge in [0, 0.05) is 36.4 Å². The molecule has 2 aromatic rings. The van der Waals surface area contributed by atoms with E-state index in [1.807, 2.05) is 60.7 Å². The first-order chi connectivity index (χ1) is 30.3. The summed E-state index contributed by atoms with van der Waals surface area (Å²) in [5, 5.41) is 32.0. The Morgan fingerprint density at radius 2 is 1.15 bits per heavy atom. The molecule has 0 spiro atoms. The van der Waals surface area contributed by atoms with Crippen LogP contribution in [0.15, 0.2) is 60.7 Å². The highest BCUT2D eigenvalue weighted by molar-refractivity contribution is 7.68. The Hall–Kier alpha value is -3.45. The SMILES string of the molecule is CCCCCCCCCCCC(=O)NCC(=O)O[C@H]1[C@H](O)[C@@H](CO)O[C@H](OCCOP(c2ccccc2)c2ccccc2)[C@H]1NC(=O)CCCCCNC(=O)CCCCCCC. The highest BCUT2D eigenvalue weighted by Gasteiger charge is 2.48. The van der Waals surface area contributed by atoms with Gasteiger partial charge < -0.3 is 44.9 Å². The molecule has 1 aliphatic rings. The molecule has 0 radical (unpaired) electrons. The monoisotopic (exact) mass is 886 g/mol. The molecule has 0 unspecified atom stereocenters. The largest absolute Gasteiger partial charge is 0.456 e. The van der Waals surface area contributed by atoms with Gasteiger partial charge in [-0.05, 0) is 25.7 Å². The van der Waals surface area contributed by atoms with Crippen molar-refractivity contribution in [2.24, 2.45) is 0 Å². The minimum Gasteiger partial charge on any atom is -0.456 e. The van der Waals surface area contributed by atoms with Crippen LogP contribution in [0.4, 0.5) is 0 Å². The normalized spacial score (nSPS) is 18.6. The van der Waals surface area contributed by atoms with E-state index >= 15 is 0 Å². The van der Waals surface area contributed by atoms with Crippen molar-refractivity contribution in [2.45, 2.75) is 173 Å². The smallest absolute Gasteiger partial charge is 0.325 e. The zero-order chi connectivity index (χ0) is 44.6. The molecule has 1 heterocycles. The molecule has 0 bridgehead atoms. The average molecular weight is 886 g/mol. The van der Waals surface area contributed by atoms with E-state index in [1.165, 1.54) is 38.5 Å². The molecule has 0 saturated carbocycles. The van der Waals surface area contributed by atoms with Gasteiger partial charge >= 0.3 is 5.97 Å². The zero-order valence-corrected chi connectivity index (χ0v) is 38.3. The standard InChI is InChI=1S/C48H76N3O10P/c1-3-5-7-9-10-11-12-14-23-31-42(54)50-36-44(56)61-47-45(51-43(55)32-24-17-25-33-49-41(53)30-22-13-8-6-4-2)48(60-40(37-52)46(47)57)58-34-35-59-62(38-26-18-15-19-27-38)39-28-20-16-21-29-39/h15-16,18-21,26-29,40,45-48,52,57H,3-14,17,22-25,30-37H2,1-2H3,(H,49,53)(H,50,54)(H,51,55)/t40-,45+,46-,47-,48+/m1/s1. The Morgan fingerprint density at radius 1 is 0.645 bits per heavy atom. The summed E-state index contributed by atoms with van der Waals surface area (Å²) in [4.78, 5) is 51.4. The van der Waals surface area contributed by atoms with Crippen molar-refractivity contribution >= 4 is 42.4 Å². The summed E-state index contributed by atoms with van der Waals surface area (Å²) < 4.78 is 24.3. The number of rotatable bonds is 34. The second-order valence-corrected chi connectivity index (χ2v) is 18.0. The second-order valence-electron chi connectivity index (χ2n) is 16.1. The van der Waals surface area contributed by atoms with E-state index in [2.05, 4.69) is 29.8 Å². The lowest BCUT2D eigenvalue weighted by atomic mass is 9.96. The maximum atomic E-state index is 13.4. The lowest BCUT2D eigenvalue weighted by molar-refractivity contribution is -0.274. The Labute approximate surface area is 372 Å². The third-order valence-electron chi connectivity index (χ3n) is 10.9. The summed E-state index contributed by atoms with van der Waals surface area (Å²) in [6, 6.07) is 18.6. The number of benzene rings is 2. The van der Waals surface area contributed by atoms with Gasteiger partial charge in [0.2, 0.25) is 17.7 Å². The number of esters is 1. The predicted molar refractivity (Wildman–Crippen MR) is 244 cm³/mol. The fourth-order valence-electron chi connectivity index (χ4n) is 7.32. The molecule has 1 fully saturated rings. The predicted octanol–water partition coefficient (Wildman–Crippen LogP) is 6.62. The van der Waals surface area contributed by atoms with Crippen LogP contribution in [0.1, 0.15) is 142 Å². The van der Waals surface area contributed by atoms with Gasteiger partial charge in [0.1, 0.15) is 24.8 Å². The summed E-state index contributed by atoms with van der Waals surface area (Å²) in [5.74, 6) is -1.41. The summed E-state index contributed by atoms with van der Waals surface area (Å²) in [7, 11) is -1.18. The molecule has 14 heteroatoms. The Balaban J connectivity index is 1.58. The lowest BCUT2D eigenvalue weighted by Gasteiger charge is -2.43. The van der Waals surface area contributed by atoms with Crippen LogP contribution < -0.4 is 26.6 Å². The van der Waals surface area contributed by atoms with Gasteiger partial charge in [0.15, 0.2) is 12.4 Å². The van der Waals surface area contributed by atoms with Crippen molar-refractivity contribution in [3.63, 3.8) is 0 Å². The van der Waals surface area contributed by atoms with Crippen LogP contribution in [0.2, 0.25) is 0 Å². The molecular formula is C48H76N3O10P. The Kier molecular flexibility index (Phi) is 28.2. The van der Waals surface area contributed by atoms with E-state index in [9.17, 15) is 29.4 Å². The summed E-state index contributed by atoms with van der Waals surface area (Å²) in [6.45, 7) is 4.02. The van der Waals surface area contributed by atoms with Crippen molar-refractivity contribution in [2.75, 3.05) is 32.9 Å². The fraction of sp³-hybridized carbons (Fsp3) is 0.667. The lowest BCUT2D eigenvalue weighted by Crippen LogP contribution is -2.66. The van der Waals surface area contributed by atoms with Crippen LogP contribution in [-0.4, -0.2) is 97.5 Å². The molecule has 62 heavy (non-hydrogen) atoms. The number of amides is 3. The maximum Gasteiger partial charge on any atom is 0.325 e. The molecular weight excluding hydrogens is 810 g/mol. The molecule has 0 aromatic heterocycles. The molecule has 5 N–H and O–H groups in total. The second kappa shape index (κ2) is 33.1. The van der Waals surface area contributed by atoms with E-state index in [-0.39, 0.29) is 43.8 Å². The Morgan fingerprint density at radius 3 is 1.69 bits per heavy atom. The number of nitrogens with one attached hydrogen (secondary N) is 3. The van der Waals surface area contributed by atoms with Gasteiger partial charge in [-0.2, -0.15) is 0 Å². The number of carbonyl (C=O) groups excluding carboxylic acids is 4. The number of unbranched alkanes of at least 4 members (excludes halogenated alkanes) is 14. The van der Waals surface area contributed by atoms with Crippen molar-refractivity contribution in [3.8, 4) is 0 Å². The molecule has 1 aliphatic heterocycles. The fourth-order valence-corrected chi connectivity index (χ4v) is 9.06. The molecule has 13 nitrogen and oxygen atoms in total. The van der Waals surface area contributed by atoms with Crippen LogP contribution in [0, 0.1) is 0 Å². The number of aliphatic hydroxyl groups excluding tert-OH is 2. The van der Waals surface area contributed by atoms with Crippen LogP contribution >= 0.6 is 8.15 Å². The maximum absolute atomic E-state index is 13.4. The molecule has 3 rings (SSSR count).